The Morgan fingerprint density at radius 3 is 3.00 bits per heavy atom. The zero-order valence-electron chi connectivity index (χ0n) is 11.3. The molecule has 0 bridgehead atoms. The molecular weight excluding hydrogens is 257 g/mol. The third-order valence-corrected chi connectivity index (χ3v) is 4.02. The van der Waals surface area contributed by atoms with Gasteiger partial charge in [0.05, 0.1) is 11.7 Å². The second-order valence-electron chi connectivity index (χ2n) is 5.49. The molecule has 0 aliphatic heterocycles. The van der Waals surface area contributed by atoms with Crippen molar-refractivity contribution in [1.29, 1.82) is 0 Å². The van der Waals surface area contributed by atoms with Crippen molar-refractivity contribution in [3.8, 4) is 0 Å². The summed E-state index contributed by atoms with van der Waals surface area (Å²) in [7, 11) is 0. The molecule has 0 unspecified atom stereocenters. The summed E-state index contributed by atoms with van der Waals surface area (Å²) in [6.07, 6.45) is 9.47. The van der Waals surface area contributed by atoms with Crippen molar-refractivity contribution in [2.24, 2.45) is 5.92 Å². The fourth-order valence-electron chi connectivity index (χ4n) is 2.97. The molecule has 2 aromatic rings. The van der Waals surface area contributed by atoms with Gasteiger partial charge in [-0.2, -0.15) is 4.39 Å². The Balaban J connectivity index is 1.73. The summed E-state index contributed by atoms with van der Waals surface area (Å²) < 4.78 is 13.8. The largest absolute Gasteiger partial charge is 0.360 e. The van der Waals surface area contributed by atoms with Crippen LogP contribution in [0.1, 0.15) is 38.5 Å². The van der Waals surface area contributed by atoms with Gasteiger partial charge >= 0.3 is 0 Å². The number of amides is 1. The van der Waals surface area contributed by atoms with E-state index < -0.39 is 5.95 Å². The standard InChI is InChI=1S/C15H18FN3O/c16-15-14(11-6-7-17-12(11)9-18-15)19-13(20)8-10-4-2-1-3-5-10/h6-7,9-10,17H,1-5,8H2,(H,19,20). The van der Waals surface area contributed by atoms with Crippen molar-refractivity contribution in [1.82, 2.24) is 9.97 Å². The summed E-state index contributed by atoms with van der Waals surface area (Å²) in [6, 6.07) is 1.75. The van der Waals surface area contributed by atoms with Gasteiger partial charge in [-0.1, -0.05) is 19.3 Å². The molecule has 4 nitrogen and oxygen atoms in total. The highest BCUT2D eigenvalue weighted by molar-refractivity contribution is 6.00. The number of aromatic amines is 1. The summed E-state index contributed by atoms with van der Waals surface area (Å²) in [4.78, 5) is 18.7. The minimum absolute atomic E-state index is 0.119. The zero-order chi connectivity index (χ0) is 13.9. The minimum Gasteiger partial charge on any atom is -0.360 e. The zero-order valence-corrected chi connectivity index (χ0v) is 11.3. The van der Waals surface area contributed by atoms with Crippen LogP contribution < -0.4 is 5.32 Å². The van der Waals surface area contributed by atoms with E-state index in [0.29, 0.717) is 17.7 Å². The number of anilines is 1. The van der Waals surface area contributed by atoms with Gasteiger partial charge in [-0.15, -0.1) is 0 Å². The van der Waals surface area contributed by atoms with E-state index in [-0.39, 0.29) is 11.6 Å². The molecule has 2 N–H and O–H groups in total. The Morgan fingerprint density at radius 2 is 2.20 bits per heavy atom. The number of nitrogens with zero attached hydrogens (tertiary/aromatic N) is 1. The van der Waals surface area contributed by atoms with E-state index in [0.717, 1.165) is 18.4 Å². The third-order valence-electron chi connectivity index (χ3n) is 4.02. The van der Waals surface area contributed by atoms with Crippen LogP contribution in [0, 0.1) is 11.9 Å². The summed E-state index contributed by atoms with van der Waals surface area (Å²) in [6.45, 7) is 0. The number of aromatic nitrogens is 2. The number of rotatable bonds is 3. The Bertz CT molecular complexity index is 617. The molecular formula is C15H18FN3O. The smallest absolute Gasteiger partial charge is 0.237 e. The van der Waals surface area contributed by atoms with Gasteiger partial charge in [-0.25, -0.2) is 4.98 Å². The van der Waals surface area contributed by atoms with Crippen molar-refractivity contribution in [3.05, 3.63) is 24.4 Å². The van der Waals surface area contributed by atoms with E-state index in [1.807, 2.05) is 0 Å². The number of carbonyl (C=O) groups excluding carboxylic acids is 1. The van der Waals surface area contributed by atoms with Crippen LogP contribution in [0.15, 0.2) is 18.5 Å². The second-order valence-corrected chi connectivity index (χ2v) is 5.49. The molecule has 1 aliphatic carbocycles. The van der Waals surface area contributed by atoms with Crippen molar-refractivity contribution in [2.75, 3.05) is 5.32 Å². The van der Waals surface area contributed by atoms with Gasteiger partial charge in [0.15, 0.2) is 0 Å². The molecule has 0 radical (unpaired) electrons. The molecule has 1 amide bonds. The normalized spacial score (nSPS) is 16.4. The minimum atomic E-state index is -0.630. The lowest BCUT2D eigenvalue weighted by molar-refractivity contribution is -0.117. The van der Waals surface area contributed by atoms with Crippen molar-refractivity contribution in [3.63, 3.8) is 0 Å². The molecule has 2 aromatic heterocycles. The third kappa shape index (κ3) is 2.66. The highest BCUT2D eigenvalue weighted by Crippen LogP contribution is 2.28. The number of H-pyrrole nitrogens is 1. The highest BCUT2D eigenvalue weighted by Gasteiger charge is 2.19. The monoisotopic (exact) mass is 275 g/mol. The molecule has 1 saturated carbocycles. The van der Waals surface area contributed by atoms with Crippen molar-refractivity contribution >= 4 is 22.5 Å². The summed E-state index contributed by atoms with van der Waals surface area (Å²) in [5.74, 6) is -0.314. The first kappa shape index (κ1) is 13.1. The molecule has 0 aromatic carbocycles. The predicted octanol–water partition coefficient (Wildman–Crippen LogP) is 3.61. The second kappa shape index (κ2) is 5.61. The van der Waals surface area contributed by atoms with Crippen LogP contribution in [0.5, 0.6) is 0 Å². The molecule has 0 spiro atoms. The molecule has 20 heavy (non-hydrogen) atoms. The summed E-state index contributed by atoms with van der Waals surface area (Å²) in [5.41, 5.74) is 0.906. The molecule has 1 fully saturated rings. The summed E-state index contributed by atoms with van der Waals surface area (Å²) >= 11 is 0. The van der Waals surface area contributed by atoms with Gasteiger partial charge in [0.1, 0.15) is 5.69 Å². The van der Waals surface area contributed by atoms with Crippen LogP contribution in [0.2, 0.25) is 0 Å². The average molecular weight is 275 g/mol. The predicted molar refractivity (Wildman–Crippen MR) is 75.9 cm³/mol. The van der Waals surface area contributed by atoms with Crippen molar-refractivity contribution < 1.29 is 9.18 Å². The topological polar surface area (TPSA) is 57.8 Å². The molecule has 106 valence electrons. The fourth-order valence-corrected chi connectivity index (χ4v) is 2.97. The first-order chi connectivity index (χ1) is 9.74. The lowest BCUT2D eigenvalue weighted by atomic mass is 9.87. The van der Waals surface area contributed by atoms with E-state index in [1.54, 1.807) is 12.3 Å². The maximum absolute atomic E-state index is 13.8. The first-order valence-electron chi connectivity index (χ1n) is 7.15. The molecule has 1 aliphatic rings. The maximum atomic E-state index is 13.8. The number of carbonyl (C=O) groups is 1. The van der Waals surface area contributed by atoms with Gasteiger partial charge in [0.2, 0.25) is 11.9 Å². The van der Waals surface area contributed by atoms with Crippen LogP contribution in [0.25, 0.3) is 10.9 Å². The molecule has 0 atom stereocenters. The highest BCUT2D eigenvalue weighted by atomic mass is 19.1. The van der Waals surface area contributed by atoms with Crippen LogP contribution in [-0.4, -0.2) is 15.9 Å². The Morgan fingerprint density at radius 1 is 1.40 bits per heavy atom. The molecule has 5 heteroatoms. The number of hydrogen-bond acceptors (Lipinski definition) is 2. The van der Waals surface area contributed by atoms with E-state index in [2.05, 4.69) is 15.3 Å². The number of nitrogens with one attached hydrogen (secondary N) is 2. The fraction of sp³-hybridized carbons (Fsp3) is 0.467. The molecule has 0 saturated heterocycles. The van der Waals surface area contributed by atoms with E-state index in [1.165, 1.54) is 25.5 Å². The lowest BCUT2D eigenvalue weighted by Crippen LogP contribution is -2.19. The average Bonchev–Trinajstić information content (AvgIpc) is 2.92. The van der Waals surface area contributed by atoms with E-state index in [9.17, 15) is 9.18 Å². The van der Waals surface area contributed by atoms with E-state index in [4.69, 9.17) is 0 Å². The Hall–Kier alpha value is -1.91. The summed E-state index contributed by atoms with van der Waals surface area (Å²) in [5, 5.41) is 3.35. The van der Waals surface area contributed by atoms with Gasteiger partial charge in [0.25, 0.3) is 0 Å². The van der Waals surface area contributed by atoms with E-state index >= 15 is 0 Å². The first-order valence-corrected chi connectivity index (χ1v) is 7.15. The number of pyridine rings is 1. The van der Waals surface area contributed by atoms with Gasteiger partial charge in [-0.3, -0.25) is 4.79 Å². The molecule has 2 heterocycles. The van der Waals surface area contributed by atoms with Crippen molar-refractivity contribution in [2.45, 2.75) is 38.5 Å². The quantitative estimate of drug-likeness (QED) is 0.841. The van der Waals surface area contributed by atoms with Crippen LogP contribution in [0.4, 0.5) is 10.1 Å². The van der Waals surface area contributed by atoms with Crippen LogP contribution in [-0.2, 0) is 4.79 Å². The van der Waals surface area contributed by atoms with Gasteiger partial charge in [-0.05, 0) is 24.8 Å². The Kier molecular flexibility index (Phi) is 3.67. The maximum Gasteiger partial charge on any atom is 0.237 e. The van der Waals surface area contributed by atoms with Gasteiger partial charge in [0, 0.05) is 18.0 Å². The Labute approximate surface area is 116 Å². The van der Waals surface area contributed by atoms with Crippen LogP contribution in [0.3, 0.4) is 0 Å². The SMILES string of the molecule is O=C(CC1CCCCC1)Nc1c(F)ncc2[nH]ccc12. The van der Waals surface area contributed by atoms with Crippen LogP contribution >= 0.6 is 0 Å². The lowest BCUT2D eigenvalue weighted by Gasteiger charge is -2.20. The number of hydrogen-bond donors (Lipinski definition) is 2. The number of fused-ring (bicyclic) bond motifs is 1. The molecule has 3 rings (SSSR count). The number of halogens is 1. The van der Waals surface area contributed by atoms with Gasteiger partial charge < -0.3 is 10.3 Å².